The number of hydrogen-bond acceptors (Lipinski definition) is 3. The highest BCUT2D eigenvalue weighted by molar-refractivity contribution is 5.96. The molecule has 2 rings (SSSR count). The molecule has 6 nitrogen and oxygen atoms in total. The van der Waals surface area contributed by atoms with E-state index in [9.17, 15) is 14.4 Å². The largest absolute Gasteiger partial charge is 0.355 e. The van der Waals surface area contributed by atoms with E-state index in [-0.39, 0.29) is 30.2 Å². The SMILES string of the molecule is Cc1cc(C(=O)NC2CCCCC2)ccc1NC(=O)CCNC(=O)C(C)(C)C. The minimum Gasteiger partial charge on any atom is -0.355 e. The van der Waals surface area contributed by atoms with Crippen molar-refractivity contribution in [2.24, 2.45) is 5.41 Å². The second-order valence-corrected chi connectivity index (χ2v) is 8.64. The van der Waals surface area contributed by atoms with Crippen molar-refractivity contribution in [3.63, 3.8) is 0 Å². The van der Waals surface area contributed by atoms with Crippen molar-refractivity contribution < 1.29 is 14.4 Å². The molecule has 1 aliphatic carbocycles. The van der Waals surface area contributed by atoms with Crippen LogP contribution in [0.5, 0.6) is 0 Å². The summed E-state index contributed by atoms with van der Waals surface area (Å²) >= 11 is 0. The summed E-state index contributed by atoms with van der Waals surface area (Å²) in [5.41, 5.74) is 1.66. The molecule has 3 amide bonds. The Hall–Kier alpha value is -2.37. The Kier molecular flexibility index (Phi) is 7.61. The van der Waals surface area contributed by atoms with Crippen LogP contribution in [0, 0.1) is 12.3 Å². The number of rotatable bonds is 6. The first-order valence-electron chi connectivity index (χ1n) is 10.2. The van der Waals surface area contributed by atoms with E-state index in [2.05, 4.69) is 16.0 Å². The van der Waals surface area contributed by atoms with Gasteiger partial charge in [-0.2, -0.15) is 0 Å². The first-order valence-corrected chi connectivity index (χ1v) is 10.2. The van der Waals surface area contributed by atoms with E-state index in [0.717, 1.165) is 18.4 Å². The molecule has 0 bridgehead atoms. The van der Waals surface area contributed by atoms with Gasteiger partial charge in [0.15, 0.2) is 0 Å². The van der Waals surface area contributed by atoms with Crippen molar-refractivity contribution in [1.29, 1.82) is 0 Å². The van der Waals surface area contributed by atoms with E-state index in [1.807, 2.05) is 27.7 Å². The van der Waals surface area contributed by atoms with Crippen LogP contribution in [0.1, 0.15) is 75.2 Å². The number of hydrogen-bond donors (Lipinski definition) is 3. The summed E-state index contributed by atoms with van der Waals surface area (Å²) in [4.78, 5) is 36.4. The van der Waals surface area contributed by atoms with Crippen molar-refractivity contribution in [3.8, 4) is 0 Å². The summed E-state index contributed by atoms with van der Waals surface area (Å²) in [6, 6.07) is 5.57. The molecule has 3 N–H and O–H groups in total. The smallest absolute Gasteiger partial charge is 0.251 e. The molecule has 154 valence electrons. The maximum atomic E-state index is 12.4. The van der Waals surface area contributed by atoms with Crippen LogP contribution in [0.25, 0.3) is 0 Å². The maximum absolute atomic E-state index is 12.4. The van der Waals surface area contributed by atoms with Gasteiger partial charge in [0, 0.05) is 35.7 Å². The molecule has 1 aromatic rings. The van der Waals surface area contributed by atoms with Crippen LogP contribution >= 0.6 is 0 Å². The molecule has 0 aliphatic heterocycles. The van der Waals surface area contributed by atoms with Gasteiger partial charge in [-0.15, -0.1) is 0 Å². The minimum absolute atomic E-state index is 0.0576. The van der Waals surface area contributed by atoms with Crippen LogP contribution < -0.4 is 16.0 Å². The van der Waals surface area contributed by atoms with Gasteiger partial charge in [-0.3, -0.25) is 14.4 Å². The van der Waals surface area contributed by atoms with Crippen molar-refractivity contribution >= 4 is 23.4 Å². The second kappa shape index (κ2) is 9.71. The normalized spacial score (nSPS) is 15.0. The van der Waals surface area contributed by atoms with E-state index >= 15 is 0 Å². The number of anilines is 1. The first-order chi connectivity index (χ1) is 13.2. The Bertz CT molecular complexity index is 716. The summed E-state index contributed by atoms with van der Waals surface area (Å²) in [6.07, 6.45) is 5.89. The summed E-state index contributed by atoms with van der Waals surface area (Å²) < 4.78 is 0. The van der Waals surface area contributed by atoms with Gasteiger partial charge < -0.3 is 16.0 Å². The molecule has 1 aromatic carbocycles. The molecular formula is C22H33N3O3. The average molecular weight is 388 g/mol. The van der Waals surface area contributed by atoms with E-state index in [1.165, 1.54) is 19.3 Å². The lowest BCUT2D eigenvalue weighted by atomic mass is 9.95. The van der Waals surface area contributed by atoms with E-state index in [1.54, 1.807) is 18.2 Å². The molecule has 0 aromatic heterocycles. The molecule has 0 heterocycles. The molecule has 1 aliphatic rings. The minimum atomic E-state index is -0.471. The zero-order valence-electron chi connectivity index (χ0n) is 17.5. The molecule has 0 unspecified atom stereocenters. The van der Waals surface area contributed by atoms with Gasteiger partial charge in [0.05, 0.1) is 0 Å². The van der Waals surface area contributed by atoms with E-state index in [4.69, 9.17) is 0 Å². The topological polar surface area (TPSA) is 87.3 Å². The lowest BCUT2D eigenvalue weighted by Crippen LogP contribution is -2.36. The van der Waals surface area contributed by atoms with Gasteiger partial charge in [-0.25, -0.2) is 0 Å². The van der Waals surface area contributed by atoms with Gasteiger partial charge in [0.2, 0.25) is 11.8 Å². The molecule has 28 heavy (non-hydrogen) atoms. The van der Waals surface area contributed by atoms with Gasteiger partial charge in [-0.05, 0) is 43.5 Å². The Labute approximate surface area is 167 Å². The third kappa shape index (κ3) is 6.66. The quantitative estimate of drug-likeness (QED) is 0.697. The highest BCUT2D eigenvalue weighted by atomic mass is 16.2. The number of carbonyl (C=O) groups excluding carboxylic acids is 3. The number of carbonyl (C=O) groups is 3. The fraction of sp³-hybridized carbons (Fsp3) is 0.591. The van der Waals surface area contributed by atoms with Gasteiger partial charge in [-0.1, -0.05) is 40.0 Å². The predicted molar refractivity (Wildman–Crippen MR) is 111 cm³/mol. The van der Waals surface area contributed by atoms with Crippen LogP contribution in [-0.2, 0) is 9.59 Å². The van der Waals surface area contributed by atoms with Gasteiger partial charge >= 0.3 is 0 Å². The van der Waals surface area contributed by atoms with Crippen LogP contribution in [-0.4, -0.2) is 30.3 Å². The predicted octanol–water partition coefficient (Wildman–Crippen LogP) is 3.55. The number of nitrogens with one attached hydrogen (secondary N) is 3. The lowest BCUT2D eigenvalue weighted by molar-refractivity contribution is -0.128. The Morgan fingerprint density at radius 1 is 1.07 bits per heavy atom. The Morgan fingerprint density at radius 3 is 2.36 bits per heavy atom. The molecule has 0 atom stereocenters. The molecule has 1 fully saturated rings. The standard InChI is InChI=1S/C22H33N3O3/c1-15-14-16(20(27)24-17-8-6-5-7-9-17)10-11-18(15)25-19(26)12-13-23-21(28)22(2,3)4/h10-11,14,17H,5-9,12-13H2,1-4H3,(H,23,28)(H,24,27)(H,25,26). The number of benzene rings is 1. The molecule has 0 spiro atoms. The molecule has 1 saturated carbocycles. The van der Waals surface area contributed by atoms with Crippen LogP contribution in [0.4, 0.5) is 5.69 Å². The van der Waals surface area contributed by atoms with Crippen molar-refractivity contribution in [3.05, 3.63) is 29.3 Å². The Morgan fingerprint density at radius 2 is 1.75 bits per heavy atom. The van der Waals surface area contributed by atoms with Crippen molar-refractivity contribution in [2.75, 3.05) is 11.9 Å². The lowest BCUT2D eigenvalue weighted by Gasteiger charge is -2.23. The highest BCUT2D eigenvalue weighted by Crippen LogP contribution is 2.20. The zero-order valence-corrected chi connectivity index (χ0v) is 17.5. The summed E-state index contributed by atoms with van der Waals surface area (Å²) in [5.74, 6) is -0.306. The molecule has 0 saturated heterocycles. The fourth-order valence-electron chi connectivity index (χ4n) is 3.23. The third-order valence-corrected chi connectivity index (χ3v) is 5.02. The maximum Gasteiger partial charge on any atom is 0.251 e. The summed E-state index contributed by atoms with van der Waals surface area (Å²) in [7, 11) is 0. The number of aryl methyl sites for hydroxylation is 1. The van der Waals surface area contributed by atoms with Gasteiger partial charge in [0.1, 0.15) is 0 Å². The monoisotopic (exact) mass is 387 g/mol. The Balaban J connectivity index is 1.85. The average Bonchev–Trinajstić information content (AvgIpc) is 2.63. The van der Waals surface area contributed by atoms with E-state index < -0.39 is 5.41 Å². The fourth-order valence-corrected chi connectivity index (χ4v) is 3.23. The summed E-state index contributed by atoms with van der Waals surface area (Å²) in [5, 5.41) is 8.72. The summed E-state index contributed by atoms with van der Waals surface area (Å²) in [6.45, 7) is 7.66. The number of amides is 3. The van der Waals surface area contributed by atoms with Crippen LogP contribution in [0.2, 0.25) is 0 Å². The third-order valence-electron chi connectivity index (χ3n) is 5.02. The zero-order chi connectivity index (χ0) is 20.7. The first kappa shape index (κ1) is 21.9. The highest BCUT2D eigenvalue weighted by Gasteiger charge is 2.21. The van der Waals surface area contributed by atoms with Crippen LogP contribution in [0.3, 0.4) is 0 Å². The van der Waals surface area contributed by atoms with Gasteiger partial charge in [0.25, 0.3) is 5.91 Å². The molecule has 0 radical (unpaired) electrons. The molecular weight excluding hydrogens is 354 g/mol. The van der Waals surface area contributed by atoms with Crippen molar-refractivity contribution in [2.45, 2.75) is 72.3 Å². The van der Waals surface area contributed by atoms with E-state index in [0.29, 0.717) is 17.8 Å². The van der Waals surface area contributed by atoms with Crippen LogP contribution in [0.15, 0.2) is 18.2 Å². The second-order valence-electron chi connectivity index (χ2n) is 8.64. The molecule has 6 heteroatoms. The van der Waals surface area contributed by atoms with Crippen molar-refractivity contribution in [1.82, 2.24) is 10.6 Å².